The molecule has 2 fully saturated rings. The van der Waals surface area contributed by atoms with E-state index in [1.807, 2.05) is 32.6 Å². The van der Waals surface area contributed by atoms with E-state index in [-0.39, 0.29) is 12.2 Å². The van der Waals surface area contributed by atoms with Gasteiger partial charge >= 0.3 is 6.09 Å². The van der Waals surface area contributed by atoms with Crippen molar-refractivity contribution in [2.45, 2.75) is 89.6 Å². The number of nitrogens with one attached hydrogen (secondary N) is 1. The summed E-state index contributed by atoms with van der Waals surface area (Å²) in [5.74, 6) is 0. The van der Waals surface area contributed by atoms with Gasteiger partial charge in [-0.3, -0.25) is 0 Å². The molecule has 0 aromatic heterocycles. The number of carbonyl (C=O) groups excluding carboxylic acids is 1. The van der Waals surface area contributed by atoms with E-state index in [9.17, 15) is 9.90 Å². The highest BCUT2D eigenvalue weighted by Gasteiger charge is 2.44. The molecular weight excluding hydrogens is 268 g/mol. The topological polar surface area (TPSA) is 61.8 Å². The van der Waals surface area contributed by atoms with E-state index in [2.05, 4.69) is 5.32 Å². The quantitative estimate of drug-likeness (QED) is 0.836. The van der Waals surface area contributed by atoms with Crippen LogP contribution in [-0.2, 0) is 4.74 Å². The molecule has 2 aliphatic heterocycles. The molecule has 0 saturated carbocycles. The van der Waals surface area contributed by atoms with Gasteiger partial charge in [0.25, 0.3) is 0 Å². The molecule has 2 bridgehead atoms. The fourth-order valence-electron chi connectivity index (χ4n) is 3.45. The van der Waals surface area contributed by atoms with E-state index in [1.165, 1.54) is 0 Å². The average Bonchev–Trinajstić information content (AvgIpc) is 2.59. The maximum atomic E-state index is 12.3. The van der Waals surface area contributed by atoms with Crippen LogP contribution >= 0.6 is 0 Å². The molecule has 0 radical (unpaired) electrons. The zero-order valence-electron chi connectivity index (χ0n) is 13.8. The summed E-state index contributed by atoms with van der Waals surface area (Å²) in [5.41, 5.74) is -0.428. The zero-order chi connectivity index (χ0) is 15.6. The van der Waals surface area contributed by atoms with Crippen molar-refractivity contribution in [3.63, 3.8) is 0 Å². The van der Waals surface area contributed by atoms with E-state index in [0.717, 1.165) is 38.6 Å². The molecule has 21 heavy (non-hydrogen) atoms. The first-order chi connectivity index (χ1) is 9.76. The summed E-state index contributed by atoms with van der Waals surface area (Å²) >= 11 is 0. The van der Waals surface area contributed by atoms with E-state index in [1.54, 1.807) is 0 Å². The molecule has 2 rings (SSSR count). The smallest absolute Gasteiger partial charge is 0.410 e. The van der Waals surface area contributed by atoms with Crippen molar-refractivity contribution < 1.29 is 14.6 Å². The van der Waals surface area contributed by atoms with Crippen molar-refractivity contribution in [1.29, 1.82) is 0 Å². The van der Waals surface area contributed by atoms with E-state index < -0.39 is 5.60 Å². The van der Waals surface area contributed by atoms with E-state index in [0.29, 0.717) is 18.1 Å². The normalized spacial score (nSPS) is 30.3. The first-order valence-corrected chi connectivity index (χ1v) is 8.19. The van der Waals surface area contributed by atoms with Gasteiger partial charge in [0.15, 0.2) is 0 Å². The zero-order valence-corrected chi connectivity index (χ0v) is 13.8. The Morgan fingerprint density at radius 1 is 1.33 bits per heavy atom. The minimum atomic E-state index is -0.428. The van der Waals surface area contributed by atoms with Gasteiger partial charge in [-0.1, -0.05) is 0 Å². The third-order valence-electron chi connectivity index (χ3n) is 4.33. The van der Waals surface area contributed by atoms with Crippen molar-refractivity contribution >= 4 is 6.09 Å². The molecule has 5 nitrogen and oxygen atoms in total. The first kappa shape index (κ1) is 16.6. The van der Waals surface area contributed by atoms with Gasteiger partial charge in [0, 0.05) is 18.1 Å². The maximum absolute atomic E-state index is 12.3. The Bertz CT molecular complexity index is 351. The Hall–Kier alpha value is -0.810. The number of amides is 1. The molecule has 0 aliphatic carbocycles. The number of aliphatic hydroxyl groups excluding tert-OH is 1. The Labute approximate surface area is 128 Å². The second-order valence-electron chi connectivity index (χ2n) is 7.53. The highest BCUT2D eigenvalue weighted by molar-refractivity contribution is 5.69. The van der Waals surface area contributed by atoms with Gasteiger partial charge in [0.05, 0.1) is 6.10 Å². The molecule has 2 saturated heterocycles. The molecule has 0 aromatic carbocycles. The van der Waals surface area contributed by atoms with Crippen LogP contribution in [0.3, 0.4) is 0 Å². The SMILES string of the molecule is CC(O)CCNC1CC2CCC(C1)N2C(=O)OC(C)(C)C. The number of ether oxygens (including phenoxy) is 1. The van der Waals surface area contributed by atoms with E-state index in [4.69, 9.17) is 4.74 Å². The number of carbonyl (C=O) groups is 1. The van der Waals surface area contributed by atoms with Crippen LogP contribution in [0.15, 0.2) is 0 Å². The number of rotatable bonds is 4. The molecule has 3 atom stereocenters. The van der Waals surface area contributed by atoms with Crippen LogP contribution in [0, 0.1) is 0 Å². The van der Waals surface area contributed by atoms with Crippen LogP contribution in [0.4, 0.5) is 4.79 Å². The summed E-state index contributed by atoms with van der Waals surface area (Å²) in [4.78, 5) is 14.3. The third kappa shape index (κ3) is 4.58. The molecule has 0 spiro atoms. The number of hydrogen-bond acceptors (Lipinski definition) is 4. The Morgan fingerprint density at radius 2 is 1.90 bits per heavy atom. The summed E-state index contributed by atoms with van der Waals surface area (Å²) in [6.45, 7) is 8.40. The Morgan fingerprint density at radius 3 is 2.38 bits per heavy atom. The summed E-state index contributed by atoms with van der Waals surface area (Å²) in [6, 6.07) is 1.07. The fourth-order valence-corrected chi connectivity index (χ4v) is 3.45. The lowest BCUT2D eigenvalue weighted by Gasteiger charge is -2.39. The Balaban J connectivity index is 1.86. The third-order valence-corrected chi connectivity index (χ3v) is 4.33. The highest BCUT2D eigenvalue weighted by Crippen LogP contribution is 2.36. The van der Waals surface area contributed by atoms with Gasteiger partial charge in [-0.05, 0) is 66.3 Å². The monoisotopic (exact) mass is 298 g/mol. The van der Waals surface area contributed by atoms with Crippen LogP contribution in [-0.4, -0.2) is 52.5 Å². The number of nitrogens with zero attached hydrogens (tertiary/aromatic N) is 1. The molecule has 2 aliphatic rings. The lowest BCUT2D eigenvalue weighted by molar-refractivity contribution is 0.00468. The molecule has 1 amide bonds. The van der Waals surface area contributed by atoms with Gasteiger partial charge in [-0.2, -0.15) is 0 Å². The van der Waals surface area contributed by atoms with Crippen molar-refractivity contribution in [2.24, 2.45) is 0 Å². The summed E-state index contributed by atoms with van der Waals surface area (Å²) in [5, 5.41) is 12.8. The summed E-state index contributed by atoms with van der Waals surface area (Å²) in [7, 11) is 0. The molecule has 2 heterocycles. The minimum Gasteiger partial charge on any atom is -0.444 e. The average molecular weight is 298 g/mol. The van der Waals surface area contributed by atoms with Crippen molar-refractivity contribution in [3.05, 3.63) is 0 Å². The first-order valence-electron chi connectivity index (χ1n) is 8.19. The van der Waals surface area contributed by atoms with Gasteiger partial charge in [-0.25, -0.2) is 4.79 Å². The van der Waals surface area contributed by atoms with Crippen LogP contribution in [0.25, 0.3) is 0 Å². The summed E-state index contributed by atoms with van der Waals surface area (Å²) < 4.78 is 5.54. The fraction of sp³-hybridized carbons (Fsp3) is 0.938. The van der Waals surface area contributed by atoms with Crippen LogP contribution < -0.4 is 5.32 Å². The molecular formula is C16H30N2O3. The molecule has 122 valence electrons. The standard InChI is InChI=1S/C16H30N2O3/c1-11(19)7-8-17-12-9-13-5-6-14(10-12)18(13)15(20)21-16(2,3)4/h11-14,17,19H,5-10H2,1-4H3. The highest BCUT2D eigenvalue weighted by atomic mass is 16.6. The largest absolute Gasteiger partial charge is 0.444 e. The Kier molecular flexibility index (Phi) is 5.15. The maximum Gasteiger partial charge on any atom is 0.410 e. The number of fused-ring (bicyclic) bond motifs is 2. The minimum absolute atomic E-state index is 0.155. The lowest BCUT2D eigenvalue weighted by atomic mass is 9.97. The van der Waals surface area contributed by atoms with Crippen molar-refractivity contribution in [2.75, 3.05) is 6.54 Å². The second kappa shape index (κ2) is 6.53. The predicted octanol–water partition coefficient (Wildman–Crippen LogP) is 2.28. The predicted molar refractivity (Wildman–Crippen MR) is 82.2 cm³/mol. The molecule has 3 unspecified atom stereocenters. The van der Waals surface area contributed by atoms with Crippen LogP contribution in [0.2, 0.25) is 0 Å². The molecule has 2 N–H and O–H groups in total. The number of hydrogen-bond donors (Lipinski definition) is 2. The van der Waals surface area contributed by atoms with E-state index >= 15 is 0 Å². The number of piperidine rings is 1. The van der Waals surface area contributed by atoms with Gasteiger partial charge < -0.3 is 20.1 Å². The van der Waals surface area contributed by atoms with Crippen molar-refractivity contribution in [1.82, 2.24) is 10.2 Å². The van der Waals surface area contributed by atoms with Gasteiger partial charge in [0.1, 0.15) is 5.60 Å². The van der Waals surface area contributed by atoms with Gasteiger partial charge in [-0.15, -0.1) is 0 Å². The van der Waals surface area contributed by atoms with Crippen LogP contribution in [0.1, 0.15) is 59.8 Å². The lowest BCUT2D eigenvalue weighted by Crippen LogP contribution is -2.52. The van der Waals surface area contributed by atoms with Gasteiger partial charge in [0.2, 0.25) is 0 Å². The number of aliphatic hydroxyl groups is 1. The second-order valence-corrected chi connectivity index (χ2v) is 7.53. The summed E-state index contributed by atoms with van der Waals surface area (Å²) in [6.07, 6.45) is 4.53. The van der Waals surface area contributed by atoms with Crippen molar-refractivity contribution in [3.8, 4) is 0 Å². The molecule has 5 heteroatoms. The van der Waals surface area contributed by atoms with Crippen LogP contribution in [0.5, 0.6) is 0 Å². The molecule has 0 aromatic rings.